The van der Waals surface area contributed by atoms with Crippen molar-refractivity contribution in [3.8, 4) is 0 Å². The predicted octanol–water partition coefficient (Wildman–Crippen LogP) is 4.38. The summed E-state index contributed by atoms with van der Waals surface area (Å²) in [4.78, 5) is 26.2. The van der Waals surface area contributed by atoms with Gasteiger partial charge in [-0.05, 0) is 44.6 Å². The number of carbonyl (C=O) groups excluding carboxylic acids is 2. The number of carbonyl (C=O) groups is 2. The number of ether oxygens (including phenoxy) is 1. The van der Waals surface area contributed by atoms with Gasteiger partial charge >= 0.3 is 5.97 Å². The van der Waals surface area contributed by atoms with Gasteiger partial charge in [0.25, 0.3) is 0 Å². The highest BCUT2D eigenvalue weighted by Gasteiger charge is 2.27. The number of anilines is 1. The Balaban J connectivity index is 1.73. The van der Waals surface area contributed by atoms with E-state index in [0.717, 1.165) is 43.4 Å². The first-order chi connectivity index (χ1) is 13.0. The standard InChI is InChI=1S/C19H24ClN3O3S/c1-3-10-26-19(25)17-13-6-4-5-7-15(13)27-18(17)22-16(24)8-9-23-12(2)14(20)11-21-23/h11H,3-10H2,1-2H3,(H,22,24). The van der Waals surface area contributed by atoms with Gasteiger partial charge in [0, 0.05) is 11.3 Å². The fourth-order valence-electron chi connectivity index (χ4n) is 3.18. The van der Waals surface area contributed by atoms with Gasteiger partial charge in [0.15, 0.2) is 0 Å². The SMILES string of the molecule is CCCOC(=O)c1c(NC(=O)CCn2ncc(Cl)c2C)sc2c1CCCC2. The third kappa shape index (κ3) is 4.52. The number of aryl methyl sites for hydroxylation is 2. The normalized spacial score (nSPS) is 13.3. The van der Waals surface area contributed by atoms with Gasteiger partial charge in [0.05, 0.1) is 35.6 Å². The number of amides is 1. The highest BCUT2D eigenvalue weighted by molar-refractivity contribution is 7.17. The van der Waals surface area contributed by atoms with E-state index in [9.17, 15) is 9.59 Å². The molecule has 2 heterocycles. The van der Waals surface area contributed by atoms with Crippen LogP contribution >= 0.6 is 22.9 Å². The molecule has 2 aromatic rings. The number of fused-ring (bicyclic) bond motifs is 1. The molecule has 27 heavy (non-hydrogen) atoms. The number of halogens is 1. The highest BCUT2D eigenvalue weighted by atomic mass is 35.5. The van der Waals surface area contributed by atoms with Crippen LogP contribution < -0.4 is 5.32 Å². The second kappa shape index (κ2) is 8.89. The molecule has 0 saturated heterocycles. The van der Waals surface area contributed by atoms with Crippen LogP contribution in [0.2, 0.25) is 5.02 Å². The molecule has 1 N–H and O–H groups in total. The predicted molar refractivity (Wildman–Crippen MR) is 107 cm³/mol. The largest absolute Gasteiger partial charge is 0.462 e. The molecular formula is C19H24ClN3O3S. The van der Waals surface area contributed by atoms with Crippen molar-refractivity contribution in [3.05, 3.63) is 32.9 Å². The third-order valence-corrected chi connectivity index (χ3v) is 6.24. The first-order valence-corrected chi connectivity index (χ1v) is 10.5. The van der Waals surface area contributed by atoms with Crippen molar-refractivity contribution in [2.75, 3.05) is 11.9 Å². The van der Waals surface area contributed by atoms with Gasteiger partial charge in [-0.25, -0.2) is 4.79 Å². The van der Waals surface area contributed by atoms with Crippen LogP contribution in [-0.4, -0.2) is 28.3 Å². The molecule has 0 radical (unpaired) electrons. The zero-order valence-corrected chi connectivity index (χ0v) is 17.2. The van der Waals surface area contributed by atoms with E-state index >= 15 is 0 Å². The summed E-state index contributed by atoms with van der Waals surface area (Å²) in [5, 5.41) is 8.29. The summed E-state index contributed by atoms with van der Waals surface area (Å²) in [6, 6.07) is 0. The minimum absolute atomic E-state index is 0.149. The van der Waals surface area contributed by atoms with E-state index in [1.54, 1.807) is 10.9 Å². The number of hydrogen-bond donors (Lipinski definition) is 1. The molecule has 146 valence electrons. The van der Waals surface area contributed by atoms with E-state index in [1.165, 1.54) is 16.2 Å². The maximum Gasteiger partial charge on any atom is 0.341 e. The van der Waals surface area contributed by atoms with Crippen LogP contribution in [-0.2, 0) is 28.9 Å². The Bertz CT molecular complexity index is 844. The minimum Gasteiger partial charge on any atom is -0.462 e. The summed E-state index contributed by atoms with van der Waals surface area (Å²) < 4.78 is 7.07. The van der Waals surface area contributed by atoms with Crippen molar-refractivity contribution < 1.29 is 14.3 Å². The Morgan fingerprint density at radius 1 is 1.37 bits per heavy atom. The molecule has 0 atom stereocenters. The second-order valence-corrected chi connectivity index (χ2v) is 8.16. The van der Waals surface area contributed by atoms with Crippen LogP contribution in [0.5, 0.6) is 0 Å². The number of nitrogens with zero attached hydrogens (tertiary/aromatic N) is 2. The van der Waals surface area contributed by atoms with Gasteiger partial charge in [0.1, 0.15) is 5.00 Å². The van der Waals surface area contributed by atoms with Crippen molar-refractivity contribution >= 4 is 39.8 Å². The maximum absolute atomic E-state index is 12.6. The molecule has 3 rings (SSSR count). The van der Waals surface area contributed by atoms with Crippen LogP contribution in [0, 0.1) is 6.92 Å². The van der Waals surface area contributed by atoms with Crippen molar-refractivity contribution in [1.82, 2.24) is 9.78 Å². The molecular weight excluding hydrogens is 386 g/mol. The minimum atomic E-state index is -0.332. The summed E-state index contributed by atoms with van der Waals surface area (Å²) in [7, 11) is 0. The summed E-state index contributed by atoms with van der Waals surface area (Å²) in [5.41, 5.74) is 2.44. The molecule has 0 spiro atoms. The Labute approximate surface area is 167 Å². The first-order valence-electron chi connectivity index (χ1n) is 9.30. The van der Waals surface area contributed by atoms with E-state index in [2.05, 4.69) is 10.4 Å². The Morgan fingerprint density at radius 3 is 2.85 bits per heavy atom. The molecule has 1 aliphatic rings. The van der Waals surface area contributed by atoms with Crippen LogP contribution in [0.25, 0.3) is 0 Å². The van der Waals surface area contributed by atoms with Crippen LogP contribution in [0.1, 0.15) is 59.1 Å². The lowest BCUT2D eigenvalue weighted by atomic mass is 9.95. The van der Waals surface area contributed by atoms with Gasteiger partial charge in [0.2, 0.25) is 5.91 Å². The van der Waals surface area contributed by atoms with Crippen LogP contribution in [0.15, 0.2) is 6.20 Å². The average Bonchev–Trinajstić information content (AvgIpc) is 3.18. The fraction of sp³-hybridized carbons (Fsp3) is 0.526. The Morgan fingerprint density at radius 2 is 2.15 bits per heavy atom. The molecule has 0 bridgehead atoms. The molecule has 0 fully saturated rings. The molecule has 6 nitrogen and oxygen atoms in total. The second-order valence-electron chi connectivity index (χ2n) is 6.65. The van der Waals surface area contributed by atoms with Gasteiger partial charge in [-0.2, -0.15) is 5.10 Å². The number of nitrogens with one attached hydrogen (secondary N) is 1. The van der Waals surface area contributed by atoms with Crippen LogP contribution in [0.3, 0.4) is 0 Å². The number of hydrogen-bond acceptors (Lipinski definition) is 5. The summed E-state index contributed by atoms with van der Waals surface area (Å²) in [6.07, 6.45) is 6.59. The van der Waals surface area contributed by atoms with Crippen molar-refractivity contribution in [3.63, 3.8) is 0 Å². The number of thiophene rings is 1. The molecule has 0 aliphatic heterocycles. The van der Waals surface area contributed by atoms with Gasteiger partial charge in [-0.15, -0.1) is 11.3 Å². The average molecular weight is 410 g/mol. The molecule has 8 heteroatoms. The topological polar surface area (TPSA) is 73.2 Å². The van der Waals surface area contributed by atoms with E-state index in [1.807, 2.05) is 13.8 Å². The lowest BCUT2D eigenvalue weighted by Crippen LogP contribution is -2.18. The zero-order chi connectivity index (χ0) is 19.4. The van der Waals surface area contributed by atoms with Crippen LogP contribution in [0.4, 0.5) is 5.00 Å². The van der Waals surface area contributed by atoms with E-state index in [-0.39, 0.29) is 18.3 Å². The summed E-state index contributed by atoms with van der Waals surface area (Å²) in [6.45, 7) is 4.65. The van der Waals surface area contributed by atoms with Gasteiger partial charge in [-0.1, -0.05) is 18.5 Å². The molecule has 0 aromatic carbocycles. The third-order valence-electron chi connectivity index (χ3n) is 4.66. The quantitative estimate of drug-likeness (QED) is 0.688. The van der Waals surface area contributed by atoms with Crippen molar-refractivity contribution in [1.29, 1.82) is 0 Å². The molecule has 1 aliphatic carbocycles. The first kappa shape index (κ1) is 19.9. The summed E-state index contributed by atoms with van der Waals surface area (Å²) >= 11 is 7.50. The highest BCUT2D eigenvalue weighted by Crippen LogP contribution is 2.38. The van der Waals surface area contributed by atoms with E-state index in [0.29, 0.717) is 28.7 Å². The molecule has 1 amide bonds. The monoisotopic (exact) mass is 409 g/mol. The Hall–Kier alpha value is -1.86. The maximum atomic E-state index is 12.6. The lowest BCUT2D eigenvalue weighted by Gasteiger charge is -2.12. The number of esters is 1. The molecule has 2 aromatic heterocycles. The number of rotatable bonds is 7. The van der Waals surface area contributed by atoms with Gasteiger partial charge < -0.3 is 10.1 Å². The lowest BCUT2D eigenvalue weighted by molar-refractivity contribution is -0.116. The fourth-order valence-corrected chi connectivity index (χ4v) is 4.62. The summed E-state index contributed by atoms with van der Waals surface area (Å²) in [5.74, 6) is -0.481. The zero-order valence-electron chi connectivity index (χ0n) is 15.6. The van der Waals surface area contributed by atoms with E-state index < -0.39 is 0 Å². The number of aromatic nitrogens is 2. The van der Waals surface area contributed by atoms with Crippen molar-refractivity contribution in [2.24, 2.45) is 0 Å². The van der Waals surface area contributed by atoms with E-state index in [4.69, 9.17) is 16.3 Å². The van der Waals surface area contributed by atoms with Crippen molar-refractivity contribution in [2.45, 2.75) is 58.9 Å². The molecule has 0 unspecified atom stereocenters. The smallest absolute Gasteiger partial charge is 0.341 e. The Kier molecular flexibility index (Phi) is 6.55. The van der Waals surface area contributed by atoms with Gasteiger partial charge in [-0.3, -0.25) is 9.48 Å². The molecule has 0 saturated carbocycles.